The van der Waals surface area contributed by atoms with Crippen LogP contribution in [-0.2, 0) is 0 Å². The fraction of sp³-hybridized carbons (Fsp3) is 0.286. The second-order valence-corrected chi connectivity index (χ2v) is 7.93. The fourth-order valence-corrected chi connectivity index (χ4v) is 4.59. The molecule has 142 valence electrons. The number of hydrogen-bond acceptors (Lipinski definition) is 6. The summed E-state index contributed by atoms with van der Waals surface area (Å²) in [5.41, 5.74) is 2.74. The van der Waals surface area contributed by atoms with Crippen molar-refractivity contribution in [3.63, 3.8) is 0 Å². The minimum absolute atomic E-state index is 0.265. The van der Waals surface area contributed by atoms with Crippen molar-refractivity contribution in [2.75, 3.05) is 11.4 Å². The average Bonchev–Trinajstić information content (AvgIpc) is 3.48. The quantitative estimate of drug-likeness (QED) is 0.558. The predicted octanol–water partition coefficient (Wildman–Crippen LogP) is 3.95. The number of benzene rings is 1. The summed E-state index contributed by atoms with van der Waals surface area (Å²) in [4.78, 5) is 2.31. The van der Waals surface area contributed by atoms with Gasteiger partial charge in [-0.3, -0.25) is 0 Å². The first kappa shape index (κ1) is 17.3. The van der Waals surface area contributed by atoms with Gasteiger partial charge in [0.15, 0.2) is 11.5 Å². The highest BCUT2D eigenvalue weighted by molar-refractivity contribution is 7.08. The maximum Gasteiger partial charge on any atom is 0.186 e. The predicted molar refractivity (Wildman–Crippen MR) is 110 cm³/mol. The zero-order valence-electron chi connectivity index (χ0n) is 15.3. The van der Waals surface area contributed by atoms with Crippen molar-refractivity contribution in [1.82, 2.24) is 19.8 Å². The van der Waals surface area contributed by atoms with Crippen LogP contribution in [0.2, 0.25) is 0 Å². The van der Waals surface area contributed by atoms with E-state index < -0.39 is 6.10 Å². The van der Waals surface area contributed by atoms with Gasteiger partial charge >= 0.3 is 0 Å². The maximum atomic E-state index is 10.7. The first-order chi connectivity index (χ1) is 13.8. The van der Waals surface area contributed by atoms with Gasteiger partial charge in [-0.25, -0.2) is 0 Å². The average molecular weight is 392 g/mol. The van der Waals surface area contributed by atoms with Crippen LogP contribution in [0, 0.1) is 0 Å². The molecule has 0 aliphatic carbocycles. The van der Waals surface area contributed by atoms with Crippen LogP contribution in [0.25, 0.3) is 17.0 Å². The van der Waals surface area contributed by atoms with Gasteiger partial charge in [-0.2, -0.15) is 15.9 Å². The summed E-state index contributed by atoms with van der Waals surface area (Å²) in [6.45, 7) is 0.945. The fourth-order valence-electron chi connectivity index (χ4n) is 3.96. The Labute approximate surface area is 167 Å². The number of fused-ring (bicyclic) bond motifs is 1. The number of aromatic nitrogens is 4. The molecule has 0 bridgehead atoms. The van der Waals surface area contributed by atoms with Gasteiger partial charge in [0.2, 0.25) is 0 Å². The molecule has 0 saturated carbocycles. The Balaban J connectivity index is 1.43. The highest BCUT2D eigenvalue weighted by Gasteiger charge is 2.28. The molecule has 3 aromatic heterocycles. The Morgan fingerprint density at radius 3 is 2.82 bits per heavy atom. The Hall–Kier alpha value is -2.77. The molecule has 4 heterocycles. The lowest BCUT2D eigenvalue weighted by molar-refractivity contribution is 0.158. The van der Waals surface area contributed by atoms with Crippen LogP contribution < -0.4 is 4.90 Å². The molecule has 1 fully saturated rings. The van der Waals surface area contributed by atoms with Gasteiger partial charge in [0.25, 0.3) is 0 Å². The molecule has 1 saturated heterocycles. The molecule has 2 atom stereocenters. The molecule has 4 aromatic rings. The van der Waals surface area contributed by atoms with Crippen molar-refractivity contribution >= 4 is 22.8 Å². The Kier molecular flexibility index (Phi) is 4.54. The molecule has 1 aliphatic heterocycles. The largest absolute Gasteiger partial charge is 0.388 e. The third-order valence-corrected chi connectivity index (χ3v) is 6.06. The molecule has 7 heteroatoms. The SMILES string of the molecule is OC(CC1CCCN1c1ccc2nnc(-c3ccsc3)n2n1)c1ccccc1. The number of anilines is 1. The Morgan fingerprint density at radius 1 is 1.11 bits per heavy atom. The molecule has 5 rings (SSSR count). The molecule has 0 radical (unpaired) electrons. The molecule has 0 amide bonds. The van der Waals surface area contributed by atoms with E-state index in [1.807, 2.05) is 58.4 Å². The summed E-state index contributed by atoms with van der Waals surface area (Å²) in [7, 11) is 0. The summed E-state index contributed by atoms with van der Waals surface area (Å²) < 4.78 is 1.82. The van der Waals surface area contributed by atoms with Crippen molar-refractivity contribution < 1.29 is 5.11 Å². The second-order valence-electron chi connectivity index (χ2n) is 7.15. The van der Waals surface area contributed by atoms with Gasteiger partial charge in [-0.05, 0) is 48.4 Å². The molecule has 6 nitrogen and oxygen atoms in total. The monoisotopic (exact) mass is 391 g/mol. The van der Waals surface area contributed by atoms with Gasteiger partial charge in [0.1, 0.15) is 5.82 Å². The van der Waals surface area contributed by atoms with E-state index in [9.17, 15) is 5.11 Å². The zero-order valence-corrected chi connectivity index (χ0v) is 16.2. The number of rotatable bonds is 5. The number of aliphatic hydroxyl groups is 1. The molecule has 28 heavy (non-hydrogen) atoms. The third kappa shape index (κ3) is 3.16. The first-order valence-corrected chi connectivity index (χ1v) is 10.5. The van der Waals surface area contributed by atoms with Crippen LogP contribution in [0.15, 0.2) is 59.3 Å². The number of thiophene rings is 1. The lowest BCUT2D eigenvalue weighted by Gasteiger charge is -2.27. The molecular weight excluding hydrogens is 370 g/mol. The van der Waals surface area contributed by atoms with Crippen LogP contribution in [0.5, 0.6) is 0 Å². The maximum absolute atomic E-state index is 10.7. The summed E-state index contributed by atoms with van der Waals surface area (Å²) in [6.07, 6.45) is 2.39. The summed E-state index contributed by atoms with van der Waals surface area (Å²) in [5.74, 6) is 1.67. The normalized spacial score (nSPS) is 18.0. The van der Waals surface area contributed by atoms with Crippen LogP contribution in [0.3, 0.4) is 0 Å². The van der Waals surface area contributed by atoms with Gasteiger partial charge in [0, 0.05) is 23.5 Å². The van der Waals surface area contributed by atoms with Crippen LogP contribution in [-0.4, -0.2) is 37.5 Å². The van der Waals surface area contributed by atoms with E-state index in [2.05, 4.69) is 20.5 Å². The second kappa shape index (κ2) is 7.33. The van der Waals surface area contributed by atoms with E-state index in [4.69, 9.17) is 5.10 Å². The molecule has 0 spiro atoms. The molecular formula is C21H21N5OS. The molecule has 1 N–H and O–H groups in total. The van der Waals surface area contributed by atoms with E-state index >= 15 is 0 Å². The zero-order chi connectivity index (χ0) is 18.9. The Bertz CT molecular complexity index is 1060. The highest BCUT2D eigenvalue weighted by atomic mass is 32.1. The van der Waals surface area contributed by atoms with Crippen molar-refractivity contribution in [2.24, 2.45) is 0 Å². The summed E-state index contributed by atoms with van der Waals surface area (Å²) in [5, 5.41) is 28.2. The van der Waals surface area contributed by atoms with Crippen LogP contribution in [0.1, 0.15) is 30.9 Å². The van der Waals surface area contributed by atoms with Gasteiger partial charge in [-0.15, -0.1) is 15.3 Å². The van der Waals surface area contributed by atoms with Gasteiger partial charge < -0.3 is 10.0 Å². The minimum Gasteiger partial charge on any atom is -0.388 e. The van der Waals surface area contributed by atoms with Crippen LogP contribution >= 0.6 is 11.3 Å². The number of aliphatic hydroxyl groups excluding tert-OH is 1. The van der Waals surface area contributed by atoms with E-state index in [0.717, 1.165) is 47.8 Å². The van der Waals surface area contributed by atoms with Crippen LogP contribution in [0.4, 0.5) is 5.82 Å². The molecule has 1 aromatic carbocycles. The summed E-state index contributed by atoms with van der Waals surface area (Å²) in [6, 6.07) is 16.2. The van der Waals surface area contributed by atoms with E-state index in [1.165, 1.54) is 0 Å². The highest BCUT2D eigenvalue weighted by Crippen LogP contribution is 2.31. The standard InChI is InChI=1S/C21H21N5OS/c27-18(15-5-2-1-3-6-15)13-17-7-4-11-25(17)20-9-8-19-22-23-21(26(19)24-20)16-10-12-28-14-16/h1-3,5-6,8-10,12,14,17-18,27H,4,7,11,13H2. The molecule has 1 aliphatic rings. The van der Waals surface area contributed by atoms with Crippen molar-refractivity contribution in [2.45, 2.75) is 31.4 Å². The summed E-state index contributed by atoms with van der Waals surface area (Å²) >= 11 is 1.63. The minimum atomic E-state index is -0.466. The van der Waals surface area contributed by atoms with Gasteiger partial charge in [0.05, 0.1) is 6.10 Å². The first-order valence-electron chi connectivity index (χ1n) is 9.54. The van der Waals surface area contributed by atoms with Gasteiger partial charge in [-0.1, -0.05) is 30.3 Å². The topological polar surface area (TPSA) is 66.5 Å². The third-order valence-electron chi connectivity index (χ3n) is 5.38. The van der Waals surface area contributed by atoms with E-state index in [-0.39, 0.29) is 6.04 Å². The number of nitrogens with zero attached hydrogens (tertiary/aromatic N) is 5. The Morgan fingerprint density at radius 2 is 2.00 bits per heavy atom. The van der Waals surface area contributed by atoms with Crippen molar-refractivity contribution in [1.29, 1.82) is 0 Å². The van der Waals surface area contributed by atoms with Crippen molar-refractivity contribution in [3.05, 3.63) is 64.9 Å². The lowest BCUT2D eigenvalue weighted by atomic mass is 10.0. The molecule has 2 unspecified atom stereocenters. The number of hydrogen-bond donors (Lipinski definition) is 1. The van der Waals surface area contributed by atoms with Crippen molar-refractivity contribution in [3.8, 4) is 11.4 Å². The van der Waals surface area contributed by atoms with E-state index in [1.54, 1.807) is 11.3 Å². The smallest absolute Gasteiger partial charge is 0.186 e. The van der Waals surface area contributed by atoms with E-state index in [0.29, 0.717) is 6.42 Å². The lowest BCUT2D eigenvalue weighted by Crippen LogP contribution is -2.31.